The summed E-state index contributed by atoms with van der Waals surface area (Å²) in [6.07, 6.45) is -0.569. The van der Waals surface area contributed by atoms with Crippen molar-refractivity contribution in [2.24, 2.45) is 22.2 Å². The summed E-state index contributed by atoms with van der Waals surface area (Å²) in [5.74, 6) is -6.86. The van der Waals surface area contributed by atoms with Gasteiger partial charge in [0.15, 0.2) is 5.96 Å². The molecule has 18 heteroatoms. The van der Waals surface area contributed by atoms with E-state index in [0.29, 0.717) is 0 Å². The number of aliphatic imine (C=N–C) groups is 1. The summed E-state index contributed by atoms with van der Waals surface area (Å²) in [5.41, 5.74) is 16.1. The van der Waals surface area contributed by atoms with E-state index in [-0.39, 0.29) is 31.1 Å². The average Bonchev–Trinajstić information content (AvgIpc) is 2.80. The number of nitrogens with zero attached hydrogens (tertiary/aromatic N) is 1. The van der Waals surface area contributed by atoms with Crippen LogP contribution in [0.1, 0.15) is 19.3 Å². The summed E-state index contributed by atoms with van der Waals surface area (Å²) in [6, 6.07) is -5.57. The van der Waals surface area contributed by atoms with Crippen molar-refractivity contribution in [1.82, 2.24) is 21.3 Å². The van der Waals surface area contributed by atoms with Crippen molar-refractivity contribution >= 4 is 54.2 Å². The number of nitrogens with two attached hydrogens (primary N) is 3. The van der Waals surface area contributed by atoms with Gasteiger partial charge in [0.2, 0.25) is 23.6 Å². The van der Waals surface area contributed by atoms with E-state index in [1.54, 1.807) is 0 Å². The van der Waals surface area contributed by atoms with E-state index in [0.717, 1.165) is 0 Å². The van der Waals surface area contributed by atoms with Crippen molar-refractivity contribution in [2.75, 3.05) is 25.4 Å². The molecule has 4 atom stereocenters. The van der Waals surface area contributed by atoms with Crippen LogP contribution < -0.4 is 38.5 Å². The number of nitrogens with one attached hydrogen (secondary N) is 4. The Morgan fingerprint density at radius 3 is 2.00 bits per heavy atom. The lowest BCUT2D eigenvalue weighted by Gasteiger charge is -2.21. The second kappa shape index (κ2) is 16.9. The number of carboxylic acids is 2. The van der Waals surface area contributed by atoms with Crippen LogP contribution in [0.2, 0.25) is 0 Å². The fraction of sp³-hybridized carbons (Fsp3) is 0.611. The van der Waals surface area contributed by atoms with Crippen LogP contribution in [0.5, 0.6) is 0 Å². The van der Waals surface area contributed by atoms with E-state index in [4.69, 9.17) is 32.5 Å². The predicted octanol–water partition coefficient (Wildman–Crippen LogP) is -5.58. The van der Waals surface area contributed by atoms with E-state index in [2.05, 4.69) is 33.6 Å². The fourth-order valence-electron chi connectivity index (χ4n) is 2.51. The molecule has 0 bridgehead atoms. The molecule has 17 nitrogen and oxygen atoms in total. The summed E-state index contributed by atoms with van der Waals surface area (Å²) in [7, 11) is 0. The molecule has 0 heterocycles. The number of aliphatic hydroxyl groups excluding tert-OH is 1. The maximum Gasteiger partial charge on any atom is 0.328 e. The summed E-state index contributed by atoms with van der Waals surface area (Å²) in [5, 5.41) is 35.5. The standard InChI is InChI=1S/C18H32N8O9S/c19-8(7-36)14(31)25-9(2-1-3-22-18(20)21)15(32)23-5-12(28)24-10(4-13(29)30)16(33)26-11(6-27)17(34)35/h8-11,27,36H,1-7,19H2,(H,23,32)(H,24,28)(H,25,31)(H,26,33)(H,29,30)(H,34,35)(H4,20,21,22)/t8-,9-,10-,11-/m0/s1. The second-order valence-corrected chi connectivity index (χ2v) is 7.68. The molecule has 36 heavy (non-hydrogen) atoms. The number of carbonyl (C=O) groups is 6. The normalized spacial score (nSPS) is 13.8. The third-order valence-electron chi connectivity index (χ3n) is 4.36. The summed E-state index contributed by atoms with van der Waals surface area (Å²) < 4.78 is 0. The topological polar surface area (TPSA) is 302 Å². The number of thiol groups is 1. The number of hydrogen-bond acceptors (Lipinski definition) is 10. The number of carbonyl (C=O) groups excluding carboxylic acids is 4. The largest absolute Gasteiger partial charge is 0.481 e. The van der Waals surface area contributed by atoms with E-state index >= 15 is 0 Å². The van der Waals surface area contributed by atoms with Gasteiger partial charge in [-0.05, 0) is 12.8 Å². The zero-order chi connectivity index (χ0) is 27.8. The van der Waals surface area contributed by atoms with Crippen LogP contribution in [0.4, 0.5) is 0 Å². The first-order chi connectivity index (χ1) is 16.8. The van der Waals surface area contributed by atoms with Crippen LogP contribution in [0.15, 0.2) is 4.99 Å². The Hall–Kier alpha value is -3.64. The molecular weight excluding hydrogens is 504 g/mol. The minimum Gasteiger partial charge on any atom is -0.481 e. The molecule has 0 fully saturated rings. The Balaban J connectivity index is 5.18. The quantitative estimate of drug-likeness (QED) is 0.0359. The van der Waals surface area contributed by atoms with E-state index < -0.39 is 79.3 Å². The first kappa shape index (κ1) is 32.4. The van der Waals surface area contributed by atoms with E-state index in [9.17, 15) is 28.8 Å². The van der Waals surface area contributed by atoms with Crippen molar-refractivity contribution in [3.63, 3.8) is 0 Å². The van der Waals surface area contributed by atoms with Gasteiger partial charge >= 0.3 is 11.9 Å². The van der Waals surface area contributed by atoms with Gasteiger partial charge in [-0.2, -0.15) is 12.6 Å². The molecular formula is C18H32N8O9S. The molecule has 0 aromatic rings. The Bertz CT molecular complexity index is 837. The van der Waals surface area contributed by atoms with Gasteiger partial charge in [0.05, 0.1) is 25.6 Å². The van der Waals surface area contributed by atoms with Crippen LogP contribution in [0.25, 0.3) is 0 Å². The van der Waals surface area contributed by atoms with Gasteiger partial charge in [0.25, 0.3) is 0 Å². The fourth-order valence-corrected chi connectivity index (χ4v) is 2.68. The highest BCUT2D eigenvalue weighted by Gasteiger charge is 2.29. The van der Waals surface area contributed by atoms with Gasteiger partial charge in [-0.3, -0.25) is 29.0 Å². The molecule has 0 aromatic heterocycles. The Kier molecular flexibility index (Phi) is 15.2. The third kappa shape index (κ3) is 13.3. The highest BCUT2D eigenvalue weighted by atomic mass is 32.1. The van der Waals surface area contributed by atoms with Crippen LogP contribution in [0, 0.1) is 0 Å². The minimum absolute atomic E-state index is 0.00260. The van der Waals surface area contributed by atoms with E-state index in [1.807, 2.05) is 5.32 Å². The molecule has 0 rings (SSSR count). The van der Waals surface area contributed by atoms with Crippen LogP contribution in [0.3, 0.4) is 0 Å². The molecule has 4 amide bonds. The van der Waals surface area contributed by atoms with Crippen LogP contribution in [-0.2, 0) is 28.8 Å². The molecule has 0 saturated carbocycles. The van der Waals surface area contributed by atoms with Crippen LogP contribution in [-0.4, -0.2) is 106 Å². The van der Waals surface area contributed by atoms with Gasteiger partial charge in [-0.1, -0.05) is 0 Å². The lowest BCUT2D eigenvalue weighted by atomic mass is 10.1. The second-order valence-electron chi connectivity index (χ2n) is 7.32. The molecule has 0 radical (unpaired) electrons. The summed E-state index contributed by atoms with van der Waals surface area (Å²) in [6.45, 7) is -1.54. The monoisotopic (exact) mass is 536 g/mol. The number of carboxylic acid groups (broad SMARTS) is 2. The molecule has 0 saturated heterocycles. The molecule has 0 spiro atoms. The number of aliphatic hydroxyl groups is 1. The van der Waals surface area contributed by atoms with Gasteiger partial charge < -0.3 is 53.8 Å². The predicted molar refractivity (Wildman–Crippen MR) is 128 cm³/mol. The molecule has 0 aromatic carbocycles. The van der Waals surface area contributed by atoms with Crippen molar-refractivity contribution in [3.05, 3.63) is 0 Å². The zero-order valence-electron chi connectivity index (χ0n) is 19.2. The zero-order valence-corrected chi connectivity index (χ0v) is 20.1. The number of guanidine groups is 1. The molecule has 204 valence electrons. The summed E-state index contributed by atoms with van der Waals surface area (Å²) >= 11 is 3.91. The molecule has 0 aliphatic rings. The van der Waals surface area contributed by atoms with Gasteiger partial charge in [-0.15, -0.1) is 0 Å². The maximum absolute atomic E-state index is 12.6. The van der Waals surface area contributed by atoms with Gasteiger partial charge in [0.1, 0.15) is 18.1 Å². The molecule has 0 unspecified atom stereocenters. The lowest BCUT2D eigenvalue weighted by molar-refractivity contribution is -0.144. The summed E-state index contributed by atoms with van der Waals surface area (Å²) in [4.78, 5) is 74.8. The van der Waals surface area contributed by atoms with Gasteiger partial charge in [-0.25, -0.2) is 4.79 Å². The molecule has 0 aliphatic carbocycles. The van der Waals surface area contributed by atoms with Crippen molar-refractivity contribution in [3.8, 4) is 0 Å². The van der Waals surface area contributed by atoms with Crippen molar-refractivity contribution in [1.29, 1.82) is 0 Å². The first-order valence-electron chi connectivity index (χ1n) is 10.5. The van der Waals surface area contributed by atoms with Crippen molar-refractivity contribution < 1.29 is 44.1 Å². The number of amides is 4. The number of aliphatic carboxylic acids is 2. The molecule has 0 aliphatic heterocycles. The molecule has 13 N–H and O–H groups in total. The highest BCUT2D eigenvalue weighted by Crippen LogP contribution is 2.01. The maximum atomic E-state index is 12.6. The van der Waals surface area contributed by atoms with E-state index in [1.165, 1.54) is 0 Å². The lowest BCUT2D eigenvalue weighted by Crippen LogP contribution is -2.56. The van der Waals surface area contributed by atoms with Crippen LogP contribution >= 0.6 is 12.6 Å². The Morgan fingerprint density at radius 2 is 1.50 bits per heavy atom. The highest BCUT2D eigenvalue weighted by molar-refractivity contribution is 7.80. The Labute approximate surface area is 211 Å². The average molecular weight is 537 g/mol. The van der Waals surface area contributed by atoms with Gasteiger partial charge in [0, 0.05) is 12.3 Å². The third-order valence-corrected chi connectivity index (χ3v) is 4.76. The first-order valence-corrected chi connectivity index (χ1v) is 11.1. The number of hydrogen-bond donors (Lipinski definition) is 11. The Morgan fingerprint density at radius 1 is 0.889 bits per heavy atom. The number of rotatable bonds is 17. The minimum atomic E-state index is -1.72. The van der Waals surface area contributed by atoms with Crippen molar-refractivity contribution in [2.45, 2.75) is 43.4 Å². The smallest absolute Gasteiger partial charge is 0.328 e. The SMILES string of the molecule is NC(N)=NCCC[C@H](NC(=O)[C@@H](N)CS)C(=O)NCC(=O)N[C@@H](CC(=O)O)C(=O)N[C@@H](CO)C(=O)O.